The molecule has 0 aliphatic rings. The monoisotopic (exact) mass is 347 g/mol. The summed E-state index contributed by atoms with van der Waals surface area (Å²) >= 11 is 8.46. The summed E-state index contributed by atoms with van der Waals surface area (Å²) in [5.74, 6) is -0.347. The van der Waals surface area contributed by atoms with Crippen LogP contribution in [0.15, 0.2) is 40.9 Å². The van der Waals surface area contributed by atoms with E-state index in [1.807, 2.05) is 0 Å². The minimum Gasteiger partial charge on any atom is -0.330 e. The molecule has 20 heavy (non-hydrogen) atoms. The van der Waals surface area contributed by atoms with E-state index in [0.717, 1.165) is 11.2 Å². The number of rotatable bonds is 1. The summed E-state index contributed by atoms with van der Waals surface area (Å²) < 4.78 is 16.2. The van der Waals surface area contributed by atoms with Gasteiger partial charge in [-0.1, -0.05) is 0 Å². The normalized spacial score (nSPS) is 10.7. The molecule has 1 heterocycles. The topological polar surface area (TPSA) is 44.5 Å². The lowest BCUT2D eigenvalue weighted by molar-refractivity contribution is 0.623. The van der Waals surface area contributed by atoms with Gasteiger partial charge in [-0.25, -0.2) is 4.39 Å². The van der Waals surface area contributed by atoms with Gasteiger partial charge in [-0.15, -0.1) is 0 Å². The van der Waals surface area contributed by atoms with Crippen molar-refractivity contribution < 1.29 is 4.39 Å². The van der Waals surface area contributed by atoms with Crippen molar-refractivity contribution in [1.82, 2.24) is 9.55 Å². The van der Waals surface area contributed by atoms with E-state index in [4.69, 9.17) is 17.5 Å². The number of nitrogens with one attached hydrogen (secondary N) is 1. The van der Waals surface area contributed by atoms with Gasteiger partial charge in [0.25, 0.3) is 0 Å². The molecule has 3 rings (SSSR count). The number of nitrogens with zero attached hydrogens (tertiary/aromatic N) is 2. The van der Waals surface area contributed by atoms with Crippen LogP contribution in [0.5, 0.6) is 0 Å². The summed E-state index contributed by atoms with van der Waals surface area (Å²) in [7, 11) is 0. The maximum absolute atomic E-state index is 13.5. The fourth-order valence-corrected chi connectivity index (χ4v) is 2.69. The van der Waals surface area contributed by atoms with Crippen LogP contribution in [0.2, 0.25) is 0 Å². The molecule has 0 radical (unpaired) electrons. The first kappa shape index (κ1) is 13.0. The average molecular weight is 348 g/mol. The maximum Gasteiger partial charge on any atom is 0.182 e. The van der Waals surface area contributed by atoms with Crippen molar-refractivity contribution in [2.45, 2.75) is 0 Å². The molecule has 3 aromatic rings. The van der Waals surface area contributed by atoms with Crippen LogP contribution >= 0.6 is 28.1 Å². The summed E-state index contributed by atoms with van der Waals surface area (Å²) in [5.41, 5.74) is 2.79. The SMILES string of the molecule is N#Cc1ccc(-n2c(=S)[nH]c3cc(F)c(Br)cc32)cc1. The lowest BCUT2D eigenvalue weighted by atomic mass is 10.2. The zero-order chi connectivity index (χ0) is 14.3. The van der Waals surface area contributed by atoms with E-state index in [-0.39, 0.29) is 5.82 Å². The van der Waals surface area contributed by atoms with E-state index >= 15 is 0 Å². The predicted molar refractivity (Wildman–Crippen MR) is 80.8 cm³/mol. The highest BCUT2D eigenvalue weighted by Crippen LogP contribution is 2.25. The molecule has 0 amide bonds. The zero-order valence-corrected chi connectivity index (χ0v) is 12.4. The van der Waals surface area contributed by atoms with E-state index in [0.29, 0.717) is 20.3 Å². The van der Waals surface area contributed by atoms with E-state index in [1.54, 1.807) is 34.9 Å². The molecule has 0 spiro atoms. The second-order valence-corrected chi connectivity index (χ2v) is 5.45. The Labute approximate surface area is 127 Å². The van der Waals surface area contributed by atoms with Crippen molar-refractivity contribution in [3.63, 3.8) is 0 Å². The fraction of sp³-hybridized carbons (Fsp3) is 0. The number of imidazole rings is 1. The van der Waals surface area contributed by atoms with Crippen LogP contribution in [0, 0.1) is 21.9 Å². The van der Waals surface area contributed by atoms with Crippen LogP contribution in [0.4, 0.5) is 4.39 Å². The van der Waals surface area contributed by atoms with Crippen LogP contribution in [0.3, 0.4) is 0 Å². The fourth-order valence-electron chi connectivity index (χ4n) is 2.04. The molecular weight excluding hydrogens is 341 g/mol. The highest BCUT2D eigenvalue weighted by Gasteiger charge is 2.10. The lowest BCUT2D eigenvalue weighted by Gasteiger charge is -2.05. The number of hydrogen-bond acceptors (Lipinski definition) is 2. The van der Waals surface area contributed by atoms with Gasteiger partial charge in [-0.05, 0) is 58.5 Å². The second-order valence-electron chi connectivity index (χ2n) is 4.21. The van der Waals surface area contributed by atoms with Gasteiger partial charge in [0.15, 0.2) is 4.77 Å². The summed E-state index contributed by atoms with van der Waals surface area (Å²) in [6.07, 6.45) is 0. The molecule has 0 fully saturated rings. The Morgan fingerprint density at radius 3 is 2.60 bits per heavy atom. The molecular formula is C14H7BrFN3S. The number of aromatic amines is 1. The molecule has 98 valence electrons. The largest absolute Gasteiger partial charge is 0.330 e. The Morgan fingerprint density at radius 2 is 1.95 bits per heavy atom. The molecule has 0 aliphatic carbocycles. The number of halogens is 2. The number of hydrogen-bond donors (Lipinski definition) is 1. The van der Waals surface area contributed by atoms with Gasteiger partial charge < -0.3 is 4.98 Å². The van der Waals surface area contributed by atoms with Crippen LogP contribution in [-0.2, 0) is 0 Å². The minimum atomic E-state index is -0.347. The third-order valence-electron chi connectivity index (χ3n) is 2.98. The summed E-state index contributed by atoms with van der Waals surface area (Å²) in [6, 6.07) is 12.2. The number of aromatic nitrogens is 2. The highest BCUT2D eigenvalue weighted by atomic mass is 79.9. The quantitative estimate of drug-likeness (QED) is 0.660. The molecule has 1 aromatic heterocycles. The second kappa shape index (κ2) is 4.85. The first-order valence-corrected chi connectivity index (χ1v) is 6.90. The minimum absolute atomic E-state index is 0.347. The van der Waals surface area contributed by atoms with Crippen molar-refractivity contribution in [3.8, 4) is 11.8 Å². The molecule has 0 aliphatic heterocycles. The van der Waals surface area contributed by atoms with Gasteiger partial charge >= 0.3 is 0 Å². The highest BCUT2D eigenvalue weighted by molar-refractivity contribution is 9.10. The Morgan fingerprint density at radius 1 is 1.25 bits per heavy atom. The van der Waals surface area contributed by atoms with Gasteiger partial charge in [0.1, 0.15) is 5.82 Å². The van der Waals surface area contributed by atoms with Gasteiger partial charge in [0.05, 0.1) is 27.1 Å². The van der Waals surface area contributed by atoms with Crippen molar-refractivity contribution in [2.24, 2.45) is 0 Å². The maximum atomic E-state index is 13.5. The third-order valence-corrected chi connectivity index (χ3v) is 3.87. The molecule has 0 saturated heterocycles. The predicted octanol–water partition coefficient (Wildman–Crippen LogP) is 4.46. The Bertz CT molecular complexity index is 903. The van der Waals surface area contributed by atoms with Crippen LogP contribution in [0.1, 0.15) is 5.56 Å². The van der Waals surface area contributed by atoms with Crippen LogP contribution in [-0.4, -0.2) is 9.55 Å². The molecule has 0 unspecified atom stereocenters. The first-order chi connectivity index (χ1) is 9.60. The standard InChI is InChI=1S/C14H7BrFN3S/c15-10-5-13-12(6-11(10)16)18-14(20)19(13)9-3-1-8(7-17)2-4-9/h1-6H,(H,18,20). The van der Waals surface area contributed by atoms with E-state index < -0.39 is 0 Å². The van der Waals surface area contributed by atoms with Crippen molar-refractivity contribution in [3.05, 3.63) is 57.0 Å². The van der Waals surface area contributed by atoms with E-state index in [9.17, 15) is 4.39 Å². The number of fused-ring (bicyclic) bond motifs is 1. The first-order valence-electron chi connectivity index (χ1n) is 5.70. The number of H-pyrrole nitrogens is 1. The third kappa shape index (κ3) is 2.05. The van der Waals surface area contributed by atoms with Gasteiger partial charge in [-0.3, -0.25) is 4.57 Å². The zero-order valence-electron chi connectivity index (χ0n) is 10.0. The smallest absolute Gasteiger partial charge is 0.182 e. The van der Waals surface area contributed by atoms with E-state index in [1.165, 1.54) is 6.07 Å². The average Bonchev–Trinajstić information content (AvgIpc) is 2.75. The molecule has 3 nitrogen and oxygen atoms in total. The molecule has 0 atom stereocenters. The number of nitriles is 1. The Kier molecular flexibility index (Phi) is 3.16. The van der Waals surface area contributed by atoms with Gasteiger partial charge in [0.2, 0.25) is 0 Å². The summed E-state index contributed by atoms with van der Waals surface area (Å²) in [6.45, 7) is 0. The molecule has 1 N–H and O–H groups in total. The summed E-state index contributed by atoms with van der Waals surface area (Å²) in [5, 5.41) is 8.82. The van der Waals surface area contributed by atoms with Crippen molar-refractivity contribution in [2.75, 3.05) is 0 Å². The van der Waals surface area contributed by atoms with Crippen molar-refractivity contribution >= 4 is 39.2 Å². The molecule has 0 saturated carbocycles. The van der Waals surface area contributed by atoms with E-state index in [2.05, 4.69) is 27.0 Å². The van der Waals surface area contributed by atoms with Crippen LogP contribution in [0.25, 0.3) is 16.7 Å². The number of benzene rings is 2. The lowest BCUT2D eigenvalue weighted by Crippen LogP contribution is -1.94. The molecule has 0 bridgehead atoms. The summed E-state index contributed by atoms with van der Waals surface area (Å²) in [4.78, 5) is 2.97. The van der Waals surface area contributed by atoms with Gasteiger partial charge in [-0.2, -0.15) is 5.26 Å². The molecule has 2 aromatic carbocycles. The Hall–Kier alpha value is -1.97. The Balaban J connectivity index is 2.30. The van der Waals surface area contributed by atoms with Gasteiger partial charge in [0, 0.05) is 11.8 Å². The molecule has 6 heteroatoms. The van der Waals surface area contributed by atoms with Crippen molar-refractivity contribution in [1.29, 1.82) is 5.26 Å². The van der Waals surface area contributed by atoms with Crippen LogP contribution < -0.4 is 0 Å².